The summed E-state index contributed by atoms with van der Waals surface area (Å²) in [6, 6.07) is 5.64. The fourth-order valence-corrected chi connectivity index (χ4v) is 2.84. The number of nitrogens with one attached hydrogen (secondary N) is 2. The first-order valence-electron chi connectivity index (χ1n) is 7.98. The topological polar surface area (TPSA) is 84.1 Å². The van der Waals surface area contributed by atoms with Crippen molar-refractivity contribution in [2.75, 3.05) is 6.61 Å². The van der Waals surface area contributed by atoms with Crippen molar-refractivity contribution in [3.63, 3.8) is 0 Å². The lowest BCUT2D eigenvalue weighted by atomic mass is 9.92. The number of carbonyl (C=O) groups excluding carboxylic acids is 1. The second-order valence-corrected chi connectivity index (χ2v) is 6.03. The average molecular weight is 367 g/mol. The standard InChI is InChI=1S/C17H16F3N3O3/c18-17(19,20)11-2-1-3-13(8-11)26-9-16(25)21-12-4-5-14-10(6-12)7-15(24)23-22-14/h1-3,7-8,12H,4-6,9H2,(H,21,25)(H,23,24). The molecule has 0 spiro atoms. The summed E-state index contributed by atoms with van der Waals surface area (Å²) in [7, 11) is 0. The predicted octanol–water partition coefficient (Wildman–Crippen LogP) is 1.84. The minimum Gasteiger partial charge on any atom is -0.484 e. The van der Waals surface area contributed by atoms with Gasteiger partial charge < -0.3 is 10.1 Å². The summed E-state index contributed by atoms with van der Waals surface area (Å²) in [5.41, 5.74) is 0.444. The van der Waals surface area contributed by atoms with E-state index in [0.29, 0.717) is 19.3 Å². The number of fused-ring (bicyclic) bond motifs is 1. The van der Waals surface area contributed by atoms with Crippen LogP contribution in [-0.4, -0.2) is 28.8 Å². The molecule has 138 valence electrons. The van der Waals surface area contributed by atoms with Crippen LogP contribution in [0.5, 0.6) is 5.75 Å². The largest absolute Gasteiger partial charge is 0.484 e. The molecule has 0 radical (unpaired) electrons. The summed E-state index contributed by atoms with van der Waals surface area (Å²) in [6.45, 7) is -0.391. The molecule has 1 aliphatic rings. The molecule has 0 aliphatic heterocycles. The van der Waals surface area contributed by atoms with Gasteiger partial charge in [0.05, 0.1) is 11.3 Å². The van der Waals surface area contributed by atoms with E-state index in [4.69, 9.17) is 4.74 Å². The van der Waals surface area contributed by atoms with Gasteiger partial charge in [-0.25, -0.2) is 5.10 Å². The molecule has 0 saturated carbocycles. The third-order valence-electron chi connectivity index (χ3n) is 4.07. The molecule has 2 aromatic rings. The van der Waals surface area contributed by atoms with Crippen molar-refractivity contribution in [3.05, 3.63) is 57.5 Å². The monoisotopic (exact) mass is 367 g/mol. The molecule has 2 N–H and O–H groups in total. The molecule has 1 aliphatic carbocycles. The number of carbonyl (C=O) groups is 1. The van der Waals surface area contributed by atoms with Gasteiger partial charge in [-0.15, -0.1) is 0 Å². The van der Waals surface area contributed by atoms with Crippen LogP contribution in [0.4, 0.5) is 13.2 Å². The number of aromatic nitrogens is 2. The molecule has 0 fully saturated rings. The number of hydrogen-bond acceptors (Lipinski definition) is 4. The molecule has 1 amide bonds. The molecule has 1 unspecified atom stereocenters. The van der Waals surface area contributed by atoms with Gasteiger partial charge in [0.2, 0.25) is 0 Å². The highest BCUT2D eigenvalue weighted by atomic mass is 19.4. The van der Waals surface area contributed by atoms with Crippen molar-refractivity contribution in [1.29, 1.82) is 0 Å². The molecule has 0 bridgehead atoms. The maximum atomic E-state index is 12.7. The summed E-state index contributed by atoms with van der Waals surface area (Å²) in [5.74, 6) is -0.464. The Morgan fingerprint density at radius 3 is 2.92 bits per heavy atom. The maximum Gasteiger partial charge on any atom is 0.416 e. The fraction of sp³-hybridized carbons (Fsp3) is 0.353. The molecule has 1 aromatic heterocycles. The number of nitrogens with zero attached hydrogens (tertiary/aromatic N) is 1. The van der Waals surface area contributed by atoms with Crippen molar-refractivity contribution in [3.8, 4) is 5.75 Å². The van der Waals surface area contributed by atoms with E-state index in [2.05, 4.69) is 15.5 Å². The highest BCUT2D eigenvalue weighted by molar-refractivity contribution is 5.77. The van der Waals surface area contributed by atoms with E-state index >= 15 is 0 Å². The lowest BCUT2D eigenvalue weighted by molar-refractivity contribution is -0.137. The number of aromatic amines is 1. The van der Waals surface area contributed by atoms with Crippen molar-refractivity contribution < 1.29 is 22.7 Å². The number of ether oxygens (including phenoxy) is 1. The molecule has 1 atom stereocenters. The Labute approximate surface area is 146 Å². The number of amides is 1. The minimum absolute atomic E-state index is 0.0281. The summed E-state index contributed by atoms with van der Waals surface area (Å²) < 4.78 is 43.1. The fourth-order valence-electron chi connectivity index (χ4n) is 2.84. The van der Waals surface area contributed by atoms with Gasteiger partial charge in [0.1, 0.15) is 5.75 Å². The summed E-state index contributed by atoms with van der Waals surface area (Å²) in [5, 5.41) is 9.11. The third kappa shape index (κ3) is 4.41. The van der Waals surface area contributed by atoms with Gasteiger partial charge >= 0.3 is 6.18 Å². The van der Waals surface area contributed by atoms with Gasteiger partial charge in [0.25, 0.3) is 11.5 Å². The zero-order valence-corrected chi connectivity index (χ0v) is 13.6. The van der Waals surface area contributed by atoms with E-state index in [1.54, 1.807) is 0 Å². The Hall–Kier alpha value is -2.84. The molecule has 26 heavy (non-hydrogen) atoms. The zero-order chi connectivity index (χ0) is 18.7. The normalized spacial score (nSPS) is 16.7. The predicted molar refractivity (Wildman–Crippen MR) is 85.8 cm³/mol. The first kappa shape index (κ1) is 18.0. The summed E-state index contributed by atoms with van der Waals surface area (Å²) >= 11 is 0. The number of hydrogen-bond donors (Lipinski definition) is 2. The quantitative estimate of drug-likeness (QED) is 0.864. The van der Waals surface area contributed by atoms with Gasteiger partial charge in [-0.2, -0.15) is 18.3 Å². The Morgan fingerprint density at radius 2 is 2.15 bits per heavy atom. The Balaban J connectivity index is 1.54. The number of H-pyrrole nitrogens is 1. The van der Waals surface area contributed by atoms with Crippen LogP contribution in [-0.2, 0) is 23.8 Å². The molecule has 0 saturated heterocycles. The van der Waals surface area contributed by atoms with Crippen molar-refractivity contribution in [2.45, 2.75) is 31.5 Å². The second-order valence-electron chi connectivity index (χ2n) is 6.03. The van der Waals surface area contributed by atoms with Crippen molar-refractivity contribution >= 4 is 5.91 Å². The van der Waals surface area contributed by atoms with Crippen LogP contribution in [0.25, 0.3) is 0 Å². The molecule has 9 heteroatoms. The maximum absolute atomic E-state index is 12.7. The molecule has 1 heterocycles. The van der Waals surface area contributed by atoms with E-state index in [1.807, 2.05) is 0 Å². The molecule has 1 aromatic carbocycles. The Morgan fingerprint density at radius 1 is 1.35 bits per heavy atom. The summed E-state index contributed by atoms with van der Waals surface area (Å²) in [6.07, 6.45) is -2.72. The van der Waals surface area contributed by atoms with Gasteiger partial charge in [-0.1, -0.05) is 6.07 Å². The number of halogens is 3. The lowest BCUT2D eigenvalue weighted by Gasteiger charge is -2.24. The zero-order valence-electron chi connectivity index (χ0n) is 13.6. The number of aryl methyl sites for hydroxylation is 1. The molecular weight excluding hydrogens is 351 g/mol. The van der Waals surface area contributed by atoms with E-state index in [9.17, 15) is 22.8 Å². The minimum atomic E-state index is -4.47. The van der Waals surface area contributed by atoms with Crippen LogP contribution < -0.4 is 15.6 Å². The van der Waals surface area contributed by atoms with E-state index < -0.39 is 24.3 Å². The summed E-state index contributed by atoms with van der Waals surface area (Å²) in [4.78, 5) is 23.3. The Bertz CT molecular complexity index is 864. The van der Waals surface area contributed by atoms with Crippen LogP contribution >= 0.6 is 0 Å². The van der Waals surface area contributed by atoms with Crippen LogP contribution in [0.2, 0.25) is 0 Å². The smallest absolute Gasteiger partial charge is 0.416 e. The first-order valence-corrected chi connectivity index (χ1v) is 7.98. The number of rotatable bonds is 4. The Kier molecular flexibility index (Phi) is 4.97. The first-order chi connectivity index (χ1) is 12.3. The van der Waals surface area contributed by atoms with E-state index in [-0.39, 0.29) is 17.4 Å². The van der Waals surface area contributed by atoms with Crippen LogP contribution in [0.1, 0.15) is 23.2 Å². The van der Waals surface area contributed by atoms with E-state index in [0.717, 1.165) is 23.4 Å². The van der Waals surface area contributed by atoms with Crippen LogP contribution in [0.3, 0.4) is 0 Å². The van der Waals surface area contributed by atoms with Gasteiger partial charge in [-0.3, -0.25) is 9.59 Å². The van der Waals surface area contributed by atoms with Crippen LogP contribution in [0.15, 0.2) is 35.1 Å². The highest BCUT2D eigenvalue weighted by Crippen LogP contribution is 2.31. The van der Waals surface area contributed by atoms with Gasteiger partial charge in [0, 0.05) is 12.1 Å². The van der Waals surface area contributed by atoms with E-state index in [1.165, 1.54) is 18.2 Å². The second kappa shape index (κ2) is 7.19. The molecule has 6 nitrogen and oxygen atoms in total. The van der Waals surface area contributed by atoms with Gasteiger partial charge in [0.15, 0.2) is 6.61 Å². The van der Waals surface area contributed by atoms with Gasteiger partial charge in [-0.05, 0) is 43.0 Å². The average Bonchev–Trinajstić information content (AvgIpc) is 2.59. The van der Waals surface area contributed by atoms with Crippen molar-refractivity contribution in [2.24, 2.45) is 0 Å². The molecule has 3 rings (SSSR count). The lowest BCUT2D eigenvalue weighted by Crippen LogP contribution is -2.41. The van der Waals surface area contributed by atoms with Crippen LogP contribution in [0, 0.1) is 0 Å². The highest BCUT2D eigenvalue weighted by Gasteiger charge is 2.30. The van der Waals surface area contributed by atoms with Crippen molar-refractivity contribution in [1.82, 2.24) is 15.5 Å². The number of alkyl halides is 3. The third-order valence-corrected chi connectivity index (χ3v) is 4.07. The SMILES string of the molecule is O=C(COc1cccc(C(F)(F)F)c1)NC1CCc2n[nH]c(=O)cc2C1. The molecular formula is C17H16F3N3O3. The number of benzene rings is 1.